The molecule has 0 nitrogen and oxygen atoms in total. The Balaban J connectivity index is 3.23. The van der Waals surface area contributed by atoms with Crippen LogP contribution in [0.4, 0.5) is 0 Å². The van der Waals surface area contributed by atoms with Crippen molar-refractivity contribution in [1.29, 1.82) is 0 Å². The average Bonchev–Trinajstić information content (AvgIpc) is 1.99. The molecule has 68 valence electrons. The Hall–Kier alpha value is 0.480. The summed E-state index contributed by atoms with van der Waals surface area (Å²) in [7, 11) is 0. The second-order valence-electron chi connectivity index (χ2n) is 4.11. The van der Waals surface area contributed by atoms with Crippen LogP contribution in [-0.4, -0.2) is 5.33 Å². The molecule has 0 bridgehead atoms. The maximum Gasteiger partial charge on any atom is 0.00826 e. The molecule has 11 heavy (non-hydrogen) atoms. The van der Waals surface area contributed by atoms with Gasteiger partial charge in [0.25, 0.3) is 0 Å². The van der Waals surface area contributed by atoms with Crippen molar-refractivity contribution in [1.82, 2.24) is 0 Å². The topological polar surface area (TPSA) is 0 Å². The minimum Gasteiger partial charge on any atom is -0.0922 e. The van der Waals surface area contributed by atoms with Gasteiger partial charge in [-0.2, -0.15) is 0 Å². The Bertz CT molecular complexity index is 86.9. The van der Waals surface area contributed by atoms with Gasteiger partial charge in [-0.25, -0.2) is 0 Å². The Kier molecular flexibility index (Phi) is 6.31. The molecule has 0 aromatic rings. The Labute approximate surface area is 79.9 Å². The first-order valence-electron chi connectivity index (χ1n) is 4.68. The zero-order valence-electron chi connectivity index (χ0n) is 8.12. The van der Waals surface area contributed by atoms with Gasteiger partial charge >= 0.3 is 0 Å². The number of unbranched alkanes of at least 4 members (excludes halogenated alkanes) is 3. The summed E-state index contributed by atoms with van der Waals surface area (Å²) in [4.78, 5) is 0. The number of alkyl halides is 1. The van der Waals surface area contributed by atoms with Gasteiger partial charge in [-0.1, -0.05) is 62.4 Å². The fraction of sp³-hybridized carbons (Fsp3) is 1.00. The number of rotatable bonds is 6. The summed E-state index contributed by atoms with van der Waals surface area (Å²) in [6.07, 6.45) is 6.91. The molecular weight excluding hydrogens is 200 g/mol. The highest BCUT2D eigenvalue weighted by Crippen LogP contribution is 2.25. The van der Waals surface area contributed by atoms with Gasteiger partial charge in [0, 0.05) is 5.33 Å². The third-order valence-electron chi connectivity index (χ3n) is 2.07. The Morgan fingerprint density at radius 2 is 1.73 bits per heavy atom. The minimum absolute atomic E-state index is 0.508. The quantitative estimate of drug-likeness (QED) is 0.461. The summed E-state index contributed by atoms with van der Waals surface area (Å²) in [5, 5.41) is 1.13. The molecule has 0 fully saturated rings. The van der Waals surface area contributed by atoms with Crippen molar-refractivity contribution in [3.8, 4) is 0 Å². The number of hydrogen-bond acceptors (Lipinski definition) is 0. The normalized spacial score (nSPS) is 12.0. The van der Waals surface area contributed by atoms with E-state index in [1.165, 1.54) is 32.1 Å². The van der Waals surface area contributed by atoms with E-state index in [9.17, 15) is 0 Å². The molecule has 0 aromatic heterocycles. The van der Waals surface area contributed by atoms with Gasteiger partial charge in [0.15, 0.2) is 0 Å². The van der Waals surface area contributed by atoms with Gasteiger partial charge in [-0.15, -0.1) is 0 Å². The minimum atomic E-state index is 0.508. The van der Waals surface area contributed by atoms with E-state index in [0.29, 0.717) is 5.41 Å². The zero-order valence-corrected chi connectivity index (χ0v) is 9.71. The van der Waals surface area contributed by atoms with Crippen molar-refractivity contribution in [2.45, 2.75) is 52.9 Å². The van der Waals surface area contributed by atoms with Crippen molar-refractivity contribution in [2.24, 2.45) is 5.41 Å². The largest absolute Gasteiger partial charge is 0.0922 e. The van der Waals surface area contributed by atoms with Gasteiger partial charge in [0.05, 0.1) is 0 Å². The van der Waals surface area contributed by atoms with Gasteiger partial charge in [0.2, 0.25) is 0 Å². The third-order valence-corrected chi connectivity index (χ3v) is 3.59. The highest BCUT2D eigenvalue weighted by Gasteiger charge is 2.14. The van der Waals surface area contributed by atoms with Crippen molar-refractivity contribution in [2.75, 3.05) is 5.33 Å². The van der Waals surface area contributed by atoms with E-state index in [1.54, 1.807) is 0 Å². The van der Waals surface area contributed by atoms with Crippen LogP contribution < -0.4 is 0 Å². The second-order valence-corrected chi connectivity index (χ2v) is 4.67. The monoisotopic (exact) mass is 220 g/mol. The molecule has 0 atom stereocenters. The summed E-state index contributed by atoms with van der Waals surface area (Å²) in [6, 6.07) is 0. The molecule has 0 aliphatic rings. The number of hydrogen-bond donors (Lipinski definition) is 0. The van der Waals surface area contributed by atoms with Crippen molar-refractivity contribution < 1.29 is 0 Å². The molecule has 0 radical (unpaired) electrons. The summed E-state index contributed by atoms with van der Waals surface area (Å²) < 4.78 is 0. The van der Waals surface area contributed by atoms with Crippen LogP contribution in [0.25, 0.3) is 0 Å². The van der Waals surface area contributed by atoms with Crippen LogP contribution in [0.1, 0.15) is 52.9 Å². The molecule has 0 aliphatic heterocycles. The van der Waals surface area contributed by atoms with Gasteiger partial charge < -0.3 is 0 Å². The first-order valence-corrected chi connectivity index (χ1v) is 5.80. The fourth-order valence-corrected chi connectivity index (χ4v) is 1.38. The molecule has 1 heteroatoms. The molecule has 0 rings (SSSR count). The molecule has 0 saturated heterocycles. The lowest BCUT2D eigenvalue weighted by molar-refractivity contribution is 0.369. The van der Waals surface area contributed by atoms with E-state index in [2.05, 4.69) is 36.7 Å². The van der Waals surface area contributed by atoms with Crippen LogP contribution in [0, 0.1) is 5.41 Å². The fourth-order valence-electron chi connectivity index (χ4n) is 1.10. The highest BCUT2D eigenvalue weighted by atomic mass is 79.9. The molecule has 0 heterocycles. The summed E-state index contributed by atoms with van der Waals surface area (Å²) in [5.41, 5.74) is 0.508. The molecule has 0 aliphatic carbocycles. The van der Waals surface area contributed by atoms with Crippen molar-refractivity contribution in [3.05, 3.63) is 0 Å². The van der Waals surface area contributed by atoms with Gasteiger partial charge in [0.1, 0.15) is 0 Å². The third kappa shape index (κ3) is 6.86. The zero-order chi connectivity index (χ0) is 8.74. The van der Waals surface area contributed by atoms with E-state index in [0.717, 1.165) is 5.33 Å². The van der Waals surface area contributed by atoms with Crippen LogP contribution in [0.5, 0.6) is 0 Å². The van der Waals surface area contributed by atoms with Crippen LogP contribution in [0.3, 0.4) is 0 Å². The van der Waals surface area contributed by atoms with E-state index in [-0.39, 0.29) is 0 Å². The standard InChI is InChI=1S/C10H21Br/c1-4-5-6-7-8-10(2,3)9-11/h4-9H2,1-3H3. The lowest BCUT2D eigenvalue weighted by atomic mass is 9.89. The van der Waals surface area contributed by atoms with E-state index >= 15 is 0 Å². The van der Waals surface area contributed by atoms with Crippen LogP contribution >= 0.6 is 15.9 Å². The van der Waals surface area contributed by atoms with Crippen molar-refractivity contribution in [3.63, 3.8) is 0 Å². The second kappa shape index (κ2) is 6.05. The van der Waals surface area contributed by atoms with E-state index in [1.807, 2.05) is 0 Å². The average molecular weight is 221 g/mol. The van der Waals surface area contributed by atoms with Crippen molar-refractivity contribution >= 4 is 15.9 Å². The van der Waals surface area contributed by atoms with E-state index in [4.69, 9.17) is 0 Å². The van der Waals surface area contributed by atoms with E-state index < -0.39 is 0 Å². The van der Waals surface area contributed by atoms with Crippen LogP contribution in [-0.2, 0) is 0 Å². The maximum atomic E-state index is 3.54. The summed E-state index contributed by atoms with van der Waals surface area (Å²) in [5.74, 6) is 0. The summed E-state index contributed by atoms with van der Waals surface area (Å²) in [6.45, 7) is 6.91. The molecule has 0 spiro atoms. The van der Waals surface area contributed by atoms with Crippen LogP contribution in [0.15, 0.2) is 0 Å². The predicted octanol–water partition coefficient (Wildman–Crippen LogP) is 4.38. The molecule has 0 saturated carbocycles. The first-order chi connectivity index (χ1) is 5.12. The maximum absolute atomic E-state index is 3.54. The Morgan fingerprint density at radius 3 is 2.18 bits per heavy atom. The molecule has 0 N–H and O–H groups in total. The lowest BCUT2D eigenvalue weighted by Gasteiger charge is -2.20. The van der Waals surface area contributed by atoms with Gasteiger partial charge in [-0.3, -0.25) is 0 Å². The Morgan fingerprint density at radius 1 is 1.09 bits per heavy atom. The molecule has 0 unspecified atom stereocenters. The van der Waals surface area contributed by atoms with Crippen LogP contribution in [0.2, 0.25) is 0 Å². The smallest absolute Gasteiger partial charge is 0.00826 e. The molecule has 0 amide bonds. The first kappa shape index (κ1) is 11.5. The molecular formula is C10H21Br. The molecule has 0 aromatic carbocycles. The SMILES string of the molecule is CCCCCCC(C)(C)CBr. The lowest BCUT2D eigenvalue weighted by Crippen LogP contribution is -2.12. The number of halogens is 1. The highest BCUT2D eigenvalue weighted by molar-refractivity contribution is 9.09. The van der Waals surface area contributed by atoms with Gasteiger partial charge in [-0.05, 0) is 11.8 Å². The summed E-state index contributed by atoms with van der Waals surface area (Å²) >= 11 is 3.54. The predicted molar refractivity (Wildman–Crippen MR) is 56.3 cm³/mol.